The first kappa shape index (κ1) is 22.6. The SMILES string of the molecule is C#Cc1cc(C(=O)N2CCS(=O)(=O)C(F)(c3ncc(Cc4ccccc4)s3)C2)ccc1Br. The molecule has 1 aromatic heterocycles. The molecule has 1 atom stereocenters. The Hall–Kier alpha value is -2.54. The highest BCUT2D eigenvalue weighted by atomic mass is 79.9. The molecule has 1 aliphatic heterocycles. The van der Waals surface area contributed by atoms with Gasteiger partial charge in [0.05, 0.1) is 12.3 Å². The van der Waals surface area contributed by atoms with Crippen LogP contribution in [0.4, 0.5) is 4.39 Å². The van der Waals surface area contributed by atoms with Crippen LogP contribution in [0.25, 0.3) is 0 Å². The normalized spacial score (nSPS) is 20.0. The highest BCUT2D eigenvalue weighted by Gasteiger charge is 2.53. The van der Waals surface area contributed by atoms with E-state index in [1.54, 1.807) is 12.1 Å². The van der Waals surface area contributed by atoms with Gasteiger partial charge < -0.3 is 4.90 Å². The van der Waals surface area contributed by atoms with Crippen molar-refractivity contribution in [2.24, 2.45) is 0 Å². The quantitative estimate of drug-likeness (QED) is 0.473. The van der Waals surface area contributed by atoms with Gasteiger partial charge in [0.25, 0.3) is 10.9 Å². The largest absolute Gasteiger partial charge is 0.333 e. The van der Waals surface area contributed by atoms with Crippen LogP contribution in [0.3, 0.4) is 0 Å². The minimum absolute atomic E-state index is 0.101. The van der Waals surface area contributed by atoms with Crippen LogP contribution >= 0.6 is 27.3 Å². The second-order valence-corrected chi connectivity index (χ2v) is 11.7. The Kier molecular flexibility index (Phi) is 6.21. The zero-order valence-corrected chi connectivity index (χ0v) is 20.0. The number of aromatic nitrogens is 1. The number of terminal acetylenes is 1. The summed E-state index contributed by atoms with van der Waals surface area (Å²) in [5.74, 6) is 1.51. The molecular formula is C23H18BrFN2O3S2. The molecule has 2 aromatic carbocycles. The van der Waals surface area contributed by atoms with Crippen LogP contribution in [0.2, 0.25) is 0 Å². The first-order valence-electron chi connectivity index (χ1n) is 9.69. The van der Waals surface area contributed by atoms with Crippen LogP contribution in [0.1, 0.15) is 31.4 Å². The van der Waals surface area contributed by atoms with E-state index in [9.17, 15) is 13.2 Å². The van der Waals surface area contributed by atoms with Crippen molar-refractivity contribution in [3.63, 3.8) is 0 Å². The summed E-state index contributed by atoms with van der Waals surface area (Å²) in [7, 11) is -4.16. The Morgan fingerprint density at radius 3 is 2.75 bits per heavy atom. The van der Waals surface area contributed by atoms with E-state index in [2.05, 4.69) is 26.8 Å². The number of thiazole rings is 1. The molecule has 164 valence electrons. The van der Waals surface area contributed by atoms with Crippen molar-refractivity contribution < 1.29 is 17.6 Å². The molecule has 4 rings (SSSR count). The maximum atomic E-state index is 16.1. The molecule has 1 saturated heterocycles. The number of nitrogens with zero attached hydrogens (tertiary/aromatic N) is 2. The molecule has 0 aliphatic carbocycles. The lowest BCUT2D eigenvalue weighted by Crippen LogP contribution is -2.53. The summed E-state index contributed by atoms with van der Waals surface area (Å²) in [6.07, 6.45) is 7.48. The number of carbonyl (C=O) groups excluding carboxylic acids is 1. The van der Waals surface area contributed by atoms with E-state index in [1.165, 1.54) is 17.2 Å². The third kappa shape index (κ3) is 4.22. The van der Waals surface area contributed by atoms with Crippen molar-refractivity contribution in [3.8, 4) is 12.3 Å². The monoisotopic (exact) mass is 532 g/mol. The second kappa shape index (κ2) is 8.77. The Labute approximate surface area is 198 Å². The number of hydrogen-bond donors (Lipinski definition) is 0. The number of sulfone groups is 1. The average molecular weight is 533 g/mol. The molecule has 3 aromatic rings. The minimum Gasteiger partial charge on any atom is -0.333 e. The summed E-state index contributed by atoms with van der Waals surface area (Å²) in [5.41, 5.74) is 1.77. The van der Waals surface area contributed by atoms with Crippen molar-refractivity contribution in [2.45, 2.75) is 11.4 Å². The lowest BCUT2D eigenvalue weighted by Gasteiger charge is -2.35. The van der Waals surface area contributed by atoms with Crippen LogP contribution in [0.15, 0.2) is 59.2 Å². The second-order valence-electron chi connectivity index (χ2n) is 7.41. The number of benzene rings is 2. The summed E-state index contributed by atoms with van der Waals surface area (Å²) >= 11 is 4.33. The molecule has 1 aliphatic rings. The molecule has 0 radical (unpaired) electrons. The molecule has 5 nitrogen and oxygen atoms in total. The van der Waals surface area contributed by atoms with Gasteiger partial charge in [0.2, 0.25) is 0 Å². The predicted molar refractivity (Wildman–Crippen MR) is 126 cm³/mol. The van der Waals surface area contributed by atoms with E-state index in [1.807, 2.05) is 30.3 Å². The lowest BCUT2D eigenvalue weighted by molar-refractivity contribution is 0.0666. The smallest absolute Gasteiger partial charge is 0.278 e. The molecular weight excluding hydrogens is 515 g/mol. The Morgan fingerprint density at radius 1 is 1.28 bits per heavy atom. The molecule has 1 fully saturated rings. The molecule has 1 unspecified atom stereocenters. The Morgan fingerprint density at radius 2 is 2.03 bits per heavy atom. The van der Waals surface area contributed by atoms with Crippen LogP contribution in [-0.4, -0.2) is 43.1 Å². The maximum absolute atomic E-state index is 16.1. The van der Waals surface area contributed by atoms with Crippen molar-refractivity contribution in [3.05, 3.63) is 85.8 Å². The summed E-state index contributed by atoms with van der Waals surface area (Å²) < 4.78 is 42.2. The fourth-order valence-electron chi connectivity index (χ4n) is 3.50. The number of halogens is 2. The van der Waals surface area contributed by atoms with Gasteiger partial charge in [-0.25, -0.2) is 17.8 Å². The highest BCUT2D eigenvalue weighted by Crippen LogP contribution is 2.39. The molecule has 32 heavy (non-hydrogen) atoms. The third-order valence-electron chi connectivity index (χ3n) is 5.27. The van der Waals surface area contributed by atoms with Gasteiger partial charge in [0, 0.05) is 39.6 Å². The van der Waals surface area contributed by atoms with E-state index in [0.717, 1.165) is 21.8 Å². The minimum atomic E-state index is -4.16. The first-order valence-corrected chi connectivity index (χ1v) is 13.0. The van der Waals surface area contributed by atoms with Gasteiger partial charge in [0.1, 0.15) is 5.01 Å². The van der Waals surface area contributed by atoms with E-state index in [-0.39, 0.29) is 17.1 Å². The van der Waals surface area contributed by atoms with Gasteiger partial charge >= 0.3 is 0 Å². The molecule has 9 heteroatoms. The molecule has 0 N–H and O–H groups in total. The van der Waals surface area contributed by atoms with Crippen LogP contribution in [0.5, 0.6) is 0 Å². The van der Waals surface area contributed by atoms with Crippen LogP contribution in [-0.2, 0) is 21.3 Å². The maximum Gasteiger partial charge on any atom is 0.278 e. The van der Waals surface area contributed by atoms with Gasteiger partial charge in [-0.2, -0.15) is 0 Å². The molecule has 0 spiro atoms. The van der Waals surface area contributed by atoms with E-state index in [4.69, 9.17) is 6.42 Å². The number of hydrogen-bond acceptors (Lipinski definition) is 5. The zero-order valence-electron chi connectivity index (χ0n) is 16.8. The number of carbonyl (C=O) groups is 1. The van der Waals surface area contributed by atoms with Gasteiger partial charge in [-0.05, 0) is 39.7 Å². The topological polar surface area (TPSA) is 67.3 Å². The Bertz CT molecular complexity index is 1320. The fraction of sp³-hybridized carbons (Fsp3) is 0.217. The summed E-state index contributed by atoms with van der Waals surface area (Å²) in [4.78, 5) is 19.1. The van der Waals surface area contributed by atoms with Crippen molar-refractivity contribution in [1.29, 1.82) is 0 Å². The fourth-order valence-corrected chi connectivity index (χ4v) is 6.74. The van der Waals surface area contributed by atoms with E-state index >= 15 is 4.39 Å². The Balaban J connectivity index is 1.61. The van der Waals surface area contributed by atoms with Crippen molar-refractivity contribution in [2.75, 3.05) is 18.8 Å². The van der Waals surface area contributed by atoms with Gasteiger partial charge in [0.15, 0.2) is 9.84 Å². The molecule has 2 heterocycles. The van der Waals surface area contributed by atoms with Crippen molar-refractivity contribution >= 4 is 43.0 Å². The summed E-state index contributed by atoms with van der Waals surface area (Å²) in [6, 6.07) is 14.3. The van der Waals surface area contributed by atoms with Crippen LogP contribution in [0, 0.1) is 12.3 Å². The van der Waals surface area contributed by atoms with Gasteiger partial charge in [-0.3, -0.25) is 4.79 Å². The average Bonchev–Trinajstić information content (AvgIpc) is 3.25. The first-order chi connectivity index (χ1) is 15.2. The van der Waals surface area contributed by atoms with E-state index < -0.39 is 33.0 Å². The number of alkyl halides is 1. The zero-order chi connectivity index (χ0) is 22.9. The van der Waals surface area contributed by atoms with Crippen molar-refractivity contribution in [1.82, 2.24) is 9.88 Å². The van der Waals surface area contributed by atoms with Crippen LogP contribution < -0.4 is 0 Å². The summed E-state index contributed by atoms with van der Waals surface area (Å²) in [6.45, 7) is -0.718. The lowest BCUT2D eigenvalue weighted by atomic mass is 10.1. The molecule has 1 amide bonds. The number of rotatable bonds is 4. The predicted octanol–water partition coefficient (Wildman–Crippen LogP) is 4.17. The van der Waals surface area contributed by atoms with Gasteiger partial charge in [-0.15, -0.1) is 17.8 Å². The third-order valence-corrected chi connectivity index (χ3v) is 9.25. The van der Waals surface area contributed by atoms with Gasteiger partial charge in [-0.1, -0.05) is 36.3 Å². The molecule has 0 bridgehead atoms. The highest BCUT2D eigenvalue weighted by molar-refractivity contribution is 9.10. The number of amides is 1. The summed E-state index contributed by atoms with van der Waals surface area (Å²) in [5, 5.41) is -2.91. The van der Waals surface area contributed by atoms with E-state index in [0.29, 0.717) is 16.5 Å². The standard InChI is InChI=1S/C23H18BrFN2O3S2/c1-2-17-13-18(8-9-20(17)24)21(28)27-10-11-32(29,30)23(25,15-27)22-26-14-19(31-22)12-16-6-4-3-5-7-16/h1,3-9,13-14H,10-12,15H2. The molecule has 0 saturated carbocycles.